The van der Waals surface area contributed by atoms with Crippen LogP contribution in [0, 0.1) is 24.6 Å². The molecule has 1 aromatic heterocycles. The average molecular weight is 303 g/mol. The van der Waals surface area contributed by atoms with Gasteiger partial charge in [-0.25, -0.2) is 9.37 Å². The normalized spacial score (nSPS) is 31.6. The molecule has 22 heavy (non-hydrogen) atoms. The first-order valence-corrected chi connectivity index (χ1v) is 8.07. The van der Waals surface area contributed by atoms with Crippen molar-refractivity contribution in [2.24, 2.45) is 11.8 Å². The van der Waals surface area contributed by atoms with Crippen LogP contribution < -0.4 is 5.32 Å². The highest BCUT2D eigenvalue weighted by molar-refractivity contribution is 5.80. The lowest BCUT2D eigenvalue weighted by Gasteiger charge is -2.52. The topological polar surface area (TPSA) is 49.9 Å². The Labute approximate surface area is 129 Å². The highest BCUT2D eigenvalue weighted by Gasteiger charge is 2.52. The van der Waals surface area contributed by atoms with E-state index < -0.39 is 5.60 Å². The van der Waals surface area contributed by atoms with Gasteiger partial charge in [-0.2, -0.15) is 0 Å². The highest BCUT2D eigenvalue weighted by atomic mass is 19.1. The van der Waals surface area contributed by atoms with Crippen LogP contribution in [0.15, 0.2) is 12.1 Å². The molecule has 2 fully saturated rings. The predicted molar refractivity (Wildman–Crippen MR) is 83.2 cm³/mol. The first kappa shape index (κ1) is 14.2. The van der Waals surface area contributed by atoms with Crippen molar-refractivity contribution in [2.45, 2.75) is 31.8 Å². The summed E-state index contributed by atoms with van der Waals surface area (Å²) in [6.07, 6.45) is 3.44. The van der Waals surface area contributed by atoms with Crippen LogP contribution in [0.1, 0.15) is 30.7 Å². The number of benzene rings is 1. The molecule has 1 aromatic carbocycles. The summed E-state index contributed by atoms with van der Waals surface area (Å²) in [7, 11) is 1.77. The van der Waals surface area contributed by atoms with Crippen LogP contribution in [0.5, 0.6) is 0 Å². The van der Waals surface area contributed by atoms with Crippen molar-refractivity contribution in [3.8, 4) is 0 Å². The van der Waals surface area contributed by atoms with E-state index in [4.69, 9.17) is 4.74 Å². The van der Waals surface area contributed by atoms with Crippen molar-refractivity contribution < 1.29 is 9.13 Å². The third-order valence-electron chi connectivity index (χ3n) is 5.53. The number of nitrogens with one attached hydrogen (secondary N) is 2. The second-order valence-corrected chi connectivity index (χ2v) is 6.65. The number of aromatic nitrogens is 2. The molecule has 2 aliphatic rings. The molecule has 5 heteroatoms. The predicted octanol–water partition coefficient (Wildman–Crippen LogP) is 2.87. The van der Waals surface area contributed by atoms with E-state index in [0.29, 0.717) is 11.8 Å². The van der Waals surface area contributed by atoms with Gasteiger partial charge in [-0.15, -0.1) is 0 Å². The fourth-order valence-corrected chi connectivity index (χ4v) is 4.70. The van der Waals surface area contributed by atoms with Gasteiger partial charge in [0.05, 0.1) is 11.0 Å². The minimum atomic E-state index is -0.425. The Morgan fingerprint density at radius 3 is 2.68 bits per heavy atom. The van der Waals surface area contributed by atoms with Crippen LogP contribution in [-0.2, 0) is 10.3 Å². The van der Waals surface area contributed by atoms with Gasteiger partial charge in [-0.1, -0.05) is 6.42 Å². The second-order valence-electron chi connectivity index (χ2n) is 6.65. The number of hydrogen-bond donors (Lipinski definition) is 2. The van der Waals surface area contributed by atoms with Gasteiger partial charge in [-0.05, 0) is 31.9 Å². The van der Waals surface area contributed by atoms with Crippen LogP contribution in [0.25, 0.3) is 11.0 Å². The average Bonchev–Trinajstić information content (AvgIpc) is 2.85. The summed E-state index contributed by atoms with van der Waals surface area (Å²) < 4.78 is 20.4. The number of piperidine rings is 1. The molecule has 0 spiro atoms. The molecule has 1 saturated carbocycles. The lowest BCUT2D eigenvalue weighted by atomic mass is 9.62. The fourth-order valence-electron chi connectivity index (χ4n) is 4.70. The summed E-state index contributed by atoms with van der Waals surface area (Å²) in [5.41, 5.74) is 2.12. The standard InChI is InChI=1S/C17H22FN3O/c1-10-20-15-7-13(18)6-14(16(15)21-10)17(22-2)11-4-3-5-12(17)9-19-8-11/h6-7,11-12,19H,3-5,8-9H2,1-2H3,(H,20,21). The molecule has 2 unspecified atom stereocenters. The Morgan fingerprint density at radius 2 is 2.00 bits per heavy atom. The number of nitrogens with zero attached hydrogens (tertiary/aromatic N) is 1. The summed E-state index contributed by atoms with van der Waals surface area (Å²) >= 11 is 0. The molecule has 4 rings (SSSR count). The van der Waals surface area contributed by atoms with Crippen LogP contribution in [-0.4, -0.2) is 30.2 Å². The number of imidazole rings is 1. The van der Waals surface area contributed by atoms with E-state index in [-0.39, 0.29) is 5.82 Å². The van der Waals surface area contributed by atoms with Gasteiger partial charge in [-0.3, -0.25) is 0 Å². The maximum Gasteiger partial charge on any atom is 0.125 e. The monoisotopic (exact) mass is 303 g/mol. The minimum absolute atomic E-state index is 0.223. The first-order chi connectivity index (χ1) is 10.6. The number of rotatable bonds is 2. The number of halogens is 1. The molecule has 2 N–H and O–H groups in total. The van der Waals surface area contributed by atoms with E-state index in [1.807, 2.05) is 6.92 Å². The van der Waals surface area contributed by atoms with Gasteiger partial charge in [0.15, 0.2) is 0 Å². The van der Waals surface area contributed by atoms with E-state index in [1.54, 1.807) is 13.2 Å². The summed E-state index contributed by atoms with van der Waals surface area (Å²) in [5, 5.41) is 3.51. The zero-order chi connectivity index (χ0) is 15.3. The molecule has 2 atom stereocenters. The zero-order valence-electron chi connectivity index (χ0n) is 13.1. The zero-order valence-corrected chi connectivity index (χ0v) is 13.1. The van der Waals surface area contributed by atoms with Crippen LogP contribution >= 0.6 is 0 Å². The van der Waals surface area contributed by atoms with E-state index >= 15 is 0 Å². The van der Waals surface area contributed by atoms with Crippen LogP contribution in [0.2, 0.25) is 0 Å². The second kappa shape index (κ2) is 5.03. The summed E-state index contributed by atoms with van der Waals surface area (Å²) in [6, 6.07) is 3.17. The number of methoxy groups -OCH3 is 1. The van der Waals surface area contributed by atoms with Crippen molar-refractivity contribution in [1.82, 2.24) is 15.3 Å². The van der Waals surface area contributed by atoms with E-state index in [2.05, 4.69) is 15.3 Å². The Bertz CT molecular complexity index is 689. The number of H-pyrrole nitrogens is 1. The lowest BCUT2D eigenvalue weighted by molar-refractivity contribution is -0.143. The molecular formula is C17H22FN3O. The molecule has 1 aliphatic heterocycles. The highest BCUT2D eigenvalue weighted by Crippen LogP contribution is 2.51. The van der Waals surface area contributed by atoms with Crippen molar-refractivity contribution >= 4 is 11.0 Å². The lowest BCUT2D eigenvalue weighted by Crippen LogP contribution is -2.58. The molecule has 118 valence electrons. The number of aryl methyl sites for hydroxylation is 1. The SMILES string of the molecule is COC1(c2cc(F)cc3[nH]c(C)nc23)C2CCCC1CNC2. The van der Waals surface area contributed by atoms with Crippen molar-refractivity contribution in [3.05, 3.63) is 29.3 Å². The number of ether oxygens (including phenoxy) is 1. The molecule has 2 aromatic rings. The van der Waals surface area contributed by atoms with Crippen molar-refractivity contribution in [2.75, 3.05) is 20.2 Å². The van der Waals surface area contributed by atoms with Crippen LogP contribution in [0.3, 0.4) is 0 Å². The number of aromatic amines is 1. The van der Waals surface area contributed by atoms with E-state index in [0.717, 1.165) is 48.4 Å². The largest absolute Gasteiger partial charge is 0.373 e. The number of fused-ring (bicyclic) bond motifs is 3. The molecule has 2 heterocycles. The summed E-state index contributed by atoms with van der Waals surface area (Å²) in [6.45, 7) is 3.75. The van der Waals surface area contributed by atoms with E-state index in [9.17, 15) is 4.39 Å². The smallest absolute Gasteiger partial charge is 0.125 e. The van der Waals surface area contributed by atoms with Crippen molar-refractivity contribution in [1.29, 1.82) is 0 Å². The van der Waals surface area contributed by atoms with Gasteiger partial charge in [0.2, 0.25) is 0 Å². The first-order valence-electron chi connectivity index (χ1n) is 8.07. The molecular weight excluding hydrogens is 281 g/mol. The van der Waals surface area contributed by atoms with Gasteiger partial charge in [0.1, 0.15) is 17.2 Å². The quantitative estimate of drug-likeness (QED) is 0.897. The Balaban J connectivity index is 1.98. The third-order valence-corrected chi connectivity index (χ3v) is 5.53. The summed E-state index contributed by atoms with van der Waals surface area (Å²) in [5.74, 6) is 1.32. The van der Waals surface area contributed by atoms with Gasteiger partial charge >= 0.3 is 0 Å². The van der Waals surface area contributed by atoms with Crippen LogP contribution in [0.4, 0.5) is 4.39 Å². The molecule has 4 nitrogen and oxygen atoms in total. The van der Waals surface area contributed by atoms with Gasteiger partial charge in [0, 0.05) is 37.6 Å². The Kier molecular flexibility index (Phi) is 3.24. The molecule has 1 aliphatic carbocycles. The molecule has 2 bridgehead atoms. The molecule has 1 saturated heterocycles. The maximum absolute atomic E-state index is 14.2. The van der Waals surface area contributed by atoms with Crippen molar-refractivity contribution in [3.63, 3.8) is 0 Å². The third kappa shape index (κ3) is 1.85. The summed E-state index contributed by atoms with van der Waals surface area (Å²) in [4.78, 5) is 7.79. The maximum atomic E-state index is 14.2. The molecule has 0 amide bonds. The van der Waals surface area contributed by atoms with E-state index in [1.165, 1.54) is 12.5 Å². The Morgan fingerprint density at radius 1 is 1.27 bits per heavy atom. The number of hydrogen-bond acceptors (Lipinski definition) is 3. The van der Waals surface area contributed by atoms with Gasteiger partial charge < -0.3 is 15.0 Å². The Hall–Kier alpha value is -1.46. The molecule has 0 radical (unpaired) electrons. The van der Waals surface area contributed by atoms with Gasteiger partial charge in [0.25, 0.3) is 0 Å². The minimum Gasteiger partial charge on any atom is -0.373 e. The fraction of sp³-hybridized carbons (Fsp3) is 0.588.